The predicted molar refractivity (Wildman–Crippen MR) is 98.5 cm³/mol. The summed E-state index contributed by atoms with van der Waals surface area (Å²) in [6, 6.07) is 6.54. The van der Waals surface area contributed by atoms with Gasteiger partial charge < -0.3 is 4.74 Å². The van der Waals surface area contributed by atoms with Crippen molar-refractivity contribution in [3.63, 3.8) is 0 Å². The minimum absolute atomic E-state index is 0.161. The molecule has 0 N–H and O–H groups in total. The van der Waals surface area contributed by atoms with Crippen LogP contribution in [0.2, 0.25) is 5.02 Å². The molecule has 136 valence electrons. The van der Waals surface area contributed by atoms with Crippen LogP contribution in [-0.2, 0) is 19.6 Å². The first-order valence-corrected chi connectivity index (χ1v) is 9.67. The van der Waals surface area contributed by atoms with Gasteiger partial charge in [-0.1, -0.05) is 44.2 Å². The third-order valence-corrected chi connectivity index (χ3v) is 5.07. The van der Waals surface area contributed by atoms with Gasteiger partial charge in [0.2, 0.25) is 5.88 Å². The van der Waals surface area contributed by atoms with Gasteiger partial charge in [0.1, 0.15) is 12.4 Å². The molecule has 1 saturated carbocycles. The van der Waals surface area contributed by atoms with Crippen LogP contribution in [0.25, 0.3) is 0 Å². The summed E-state index contributed by atoms with van der Waals surface area (Å²) in [6.07, 6.45) is 8.43. The van der Waals surface area contributed by atoms with Crippen molar-refractivity contribution in [1.29, 1.82) is 0 Å². The number of aryl methyl sites for hydroxylation is 1. The highest BCUT2D eigenvalue weighted by atomic mass is 35.5. The molecule has 0 bridgehead atoms. The summed E-state index contributed by atoms with van der Waals surface area (Å²) in [5, 5.41) is 5.23. The molecule has 1 aliphatic carbocycles. The van der Waals surface area contributed by atoms with E-state index in [2.05, 4.69) is 6.92 Å². The summed E-state index contributed by atoms with van der Waals surface area (Å²) in [6.45, 7) is 3.19. The van der Waals surface area contributed by atoms with E-state index in [4.69, 9.17) is 21.4 Å². The molecule has 1 fully saturated rings. The van der Waals surface area contributed by atoms with Gasteiger partial charge in [0.05, 0.1) is 5.69 Å². The zero-order valence-electron chi connectivity index (χ0n) is 14.8. The molecule has 1 aromatic carbocycles. The van der Waals surface area contributed by atoms with Crippen LogP contribution in [0, 0.1) is 11.7 Å². The maximum atomic E-state index is 13.9. The van der Waals surface area contributed by atoms with Crippen LogP contribution in [-0.4, -0.2) is 9.78 Å². The van der Waals surface area contributed by atoms with Crippen molar-refractivity contribution in [3.8, 4) is 5.88 Å². The molecule has 0 atom stereocenters. The minimum atomic E-state index is -0.295. The molecular formula is C20H26ClFN2O. The van der Waals surface area contributed by atoms with E-state index in [0.29, 0.717) is 16.5 Å². The quantitative estimate of drug-likeness (QED) is 0.622. The van der Waals surface area contributed by atoms with Gasteiger partial charge in [-0.25, -0.2) is 9.07 Å². The second-order valence-corrected chi connectivity index (χ2v) is 7.37. The van der Waals surface area contributed by atoms with E-state index in [1.165, 1.54) is 38.2 Å². The SMILES string of the molecule is CCCc1cc(OCc2cc(Cl)ccc2F)n(CC2CCCCC2)n1. The fourth-order valence-corrected chi connectivity index (χ4v) is 3.69. The first-order valence-electron chi connectivity index (χ1n) is 9.29. The lowest BCUT2D eigenvalue weighted by Crippen LogP contribution is -2.16. The third kappa shape index (κ3) is 4.97. The summed E-state index contributed by atoms with van der Waals surface area (Å²) < 4.78 is 21.8. The third-order valence-electron chi connectivity index (χ3n) is 4.84. The number of halogens is 2. The van der Waals surface area contributed by atoms with E-state index in [-0.39, 0.29) is 12.4 Å². The highest BCUT2D eigenvalue weighted by Crippen LogP contribution is 2.27. The molecule has 1 heterocycles. The highest BCUT2D eigenvalue weighted by molar-refractivity contribution is 6.30. The number of benzene rings is 1. The van der Waals surface area contributed by atoms with Crippen LogP contribution in [0.3, 0.4) is 0 Å². The molecule has 3 rings (SSSR count). The Morgan fingerprint density at radius 1 is 1.24 bits per heavy atom. The van der Waals surface area contributed by atoms with E-state index < -0.39 is 0 Å². The van der Waals surface area contributed by atoms with Crippen molar-refractivity contribution < 1.29 is 9.13 Å². The van der Waals surface area contributed by atoms with E-state index in [9.17, 15) is 4.39 Å². The van der Waals surface area contributed by atoms with Crippen LogP contribution >= 0.6 is 11.6 Å². The summed E-state index contributed by atoms with van der Waals surface area (Å²) in [5.41, 5.74) is 1.51. The standard InChI is InChI=1S/C20H26ClFN2O/c1-2-6-18-12-20(24(23-18)13-15-7-4-3-5-8-15)25-14-16-11-17(21)9-10-19(16)22/h9-12,15H,2-8,13-14H2,1H3. The molecule has 0 amide bonds. The Hall–Kier alpha value is -1.55. The number of aromatic nitrogens is 2. The molecule has 0 unspecified atom stereocenters. The van der Waals surface area contributed by atoms with Crippen LogP contribution in [0.15, 0.2) is 24.3 Å². The number of rotatable bonds is 7. The average Bonchev–Trinajstić information content (AvgIpc) is 2.98. The van der Waals surface area contributed by atoms with Gasteiger partial charge in [-0.15, -0.1) is 0 Å². The van der Waals surface area contributed by atoms with Crippen LogP contribution in [0.1, 0.15) is 56.7 Å². The Labute approximate surface area is 154 Å². The van der Waals surface area contributed by atoms with Crippen molar-refractivity contribution in [2.24, 2.45) is 5.92 Å². The zero-order valence-corrected chi connectivity index (χ0v) is 15.6. The van der Waals surface area contributed by atoms with Crippen LogP contribution < -0.4 is 4.74 Å². The molecule has 5 heteroatoms. The molecule has 1 aromatic heterocycles. The lowest BCUT2D eigenvalue weighted by atomic mass is 9.89. The molecule has 1 aliphatic rings. The van der Waals surface area contributed by atoms with Crippen molar-refractivity contribution >= 4 is 11.6 Å². The highest BCUT2D eigenvalue weighted by Gasteiger charge is 2.18. The van der Waals surface area contributed by atoms with Gasteiger partial charge in [0.15, 0.2) is 0 Å². The van der Waals surface area contributed by atoms with Gasteiger partial charge in [-0.2, -0.15) is 5.10 Å². The first-order chi connectivity index (χ1) is 12.2. The monoisotopic (exact) mass is 364 g/mol. The van der Waals surface area contributed by atoms with Crippen LogP contribution in [0.5, 0.6) is 5.88 Å². The maximum absolute atomic E-state index is 13.9. The Morgan fingerprint density at radius 3 is 2.80 bits per heavy atom. The molecule has 25 heavy (non-hydrogen) atoms. The maximum Gasteiger partial charge on any atom is 0.212 e. The Balaban J connectivity index is 1.72. The normalized spacial score (nSPS) is 15.5. The molecule has 0 saturated heterocycles. The summed E-state index contributed by atoms with van der Waals surface area (Å²) >= 11 is 5.96. The Bertz CT molecular complexity index is 695. The summed E-state index contributed by atoms with van der Waals surface area (Å²) in [7, 11) is 0. The number of ether oxygens (including phenoxy) is 1. The molecule has 0 radical (unpaired) electrons. The molecule has 0 aliphatic heterocycles. The molecular weight excluding hydrogens is 339 g/mol. The van der Waals surface area contributed by atoms with E-state index in [0.717, 1.165) is 31.0 Å². The fourth-order valence-electron chi connectivity index (χ4n) is 3.50. The first kappa shape index (κ1) is 18.2. The predicted octanol–water partition coefficient (Wildman–Crippen LogP) is 5.79. The number of hydrogen-bond acceptors (Lipinski definition) is 2. The van der Waals surface area contributed by atoms with Gasteiger partial charge in [0.25, 0.3) is 0 Å². The number of nitrogens with zero attached hydrogens (tertiary/aromatic N) is 2. The smallest absolute Gasteiger partial charge is 0.212 e. The molecule has 3 nitrogen and oxygen atoms in total. The second-order valence-electron chi connectivity index (χ2n) is 6.93. The average molecular weight is 365 g/mol. The summed E-state index contributed by atoms with van der Waals surface area (Å²) in [5.74, 6) is 1.10. The van der Waals surface area contributed by atoms with Gasteiger partial charge in [0, 0.05) is 23.2 Å². The fraction of sp³-hybridized carbons (Fsp3) is 0.550. The number of hydrogen-bond donors (Lipinski definition) is 0. The molecule has 0 spiro atoms. The van der Waals surface area contributed by atoms with E-state index >= 15 is 0 Å². The minimum Gasteiger partial charge on any atom is -0.473 e. The Kier molecular flexibility index (Phi) is 6.35. The van der Waals surface area contributed by atoms with Crippen molar-refractivity contribution in [2.75, 3.05) is 0 Å². The van der Waals surface area contributed by atoms with Crippen molar-refractivity contribution in [1.82, 2.24) is 9.78 Å². The van der Waals surface area contributed by atoms with Crippen molar-refractivity contribution in [3.05, 3.63) is 46.4 Å². The van der Waals surface area contributed by atoms with Gasteiger partial charge in [-0.05, 0) is 43.4 Å². The topological polar surface area (TPSA) is 27.1 Å². The van der Waals surface area contributed by atoms with Crippen molar-refractivity contribution in [2.45, 2.75) is 65.0 Å². The zero-order chi connectivity index (χ0) is 17.6. The lowest BCUT2D eigenvalue weighted by Gasteiger charge is -2.22. The molecule has 2 aromatic rings. The Morgan fingerprint density at radius 2 is 2.04 bits per heavy atom. The second kappa shape index (κ2) is 8.70. The van der Waals surface area contributed by atoms with Gasteiger partial charge >= 0.3 is 0 Å². The van der Waals surface area contributed by atoms with Crippen LogP contribution in [0.4, 0.5) is 4.39 Å². The van der Waals surface area contributed by atoms with Gasteiger partial charge in [-0.3, -0.25) is 0 Å². The van der Waals surface area contributed by atoms with E-state index in [1.807, 2.05) is 10.7 Å². The largest absolute Gasteiger partial charge is 0.473 e. The summed E-state index contributed by atoms with van der Waals surface area (Å²) in [4.78, 5) is 0. The lowest BCUT2D eigenvalue weighted by molar-refractivity contribution is 0.242. The van der Waals surface area contributed by atoms with E-state index in [1.54, 1.807) is 12.1 Å².